The Morgan fingerprint density at radius 3 is 2.44 bits per heavy atom. The number of likely N-dealkylation sites (tertiary alicyclic amines) is 1. The van der Waals surface area contributed by atoms with Crippen LogP contribution in [0, 0.1) is 5.92 Å². The molecule has 34 heavy (non-hydrogen) atoms. The molecular weight excluding hydrogens is 426 g/mol. The number of anilines is 1. The summed E-state index contributed by atoms with van der Waals surface area (Å²) in [4.78, 5) is 18.7. The van der Waals surface area contributed by atoms with Crippen LogP contribution in [0.3, 0.4) is 0 Å². The van der Waals surface area contributed by atoms with E-state index in [-0.39, 0.29) is 6.09 Å². The number of rotatable bonds is 12. The zero-order valence-corrected chi connectivity index (χ0v) is 21.8. The molecule has 1 aliphatic rings. The summed E-state index contributed by atoms with van der Waals surface area (Å²) in [6.45, 7) is 10.3. The minimum atomic E-state index is -0.448. The van der Waals surface area contributed by atoms with E-state index in [4.69, 9.17) is 9.15 Å². The van der Waals surface area contributed by atoms with Crippen molar-refractivity contribution in [1.82, 2.24) is 9.88 Å². The molecule has 3 rings (SSSR count). The van der Waals surface area contributed by atoms with Gasteiger partial charge in [0.2, 0.25) is 0 Å². The summed E-state index contributed by atoms with van der Waals surface area (Å²) in [6, 6.07) is 6.98. The standard InChI is InChI=1S/C28H45N3O3/c1-5-6-7-8-9-10-11-12-13-22-14-15-25-24(20-22)30-26(33-25)29-21-23-16-18-31(19-17-23)27(32)34-28(2,3)4/h14-15,20,23H,5-13,16-19,21H2,1-4H3,(H,29,30). The maximum absolute atomic E-state index is 12.2. The zero-order valence-electron chi connectivity index (χ0n) is 21.8. The molecule has 1 aromatic heterocycles. The Kier molecular flexibility index (Phi) is 10.1. The Morgan fingerprint density at radius 2 is 1.76 bits per heavy atom. The van der Waals surface area contributed by atoms with E-state index in [1.54, 1.807) is 0 Å². The number of unbranched alkanes of at least 4 members (excludes halogenated alkanes) is 7. The molecule has 0 saturated carbocycles. The van der Waals surface area contributed by atoms with Gasteiger partial charge in [0.1, 0.15) is 11.1 Å². The van der Waals surface area contributed by atoms with Crippen LogP contribution in [0.5, 0.6) is 0 Å². The van der Waals surface area contributed by atoms with Crippen molar-refractivity contribution in [2.75, 3.05) is 25.0 Å². The Labute approximate surface area is 205 Å². The average Bonchev–Trinajstić information content (AvgIpc) is 3.21. The van der Waals surface area contributed by atoms with Crippen LogP contribution in [0.2, 0.25) is 0 Å². The van der Waals surface area contributed by atoms with Gasteiger partial charge in [-0.3, -0.25) is 0 Å². The number of hydrogen-bond donors (Lipinski definition) is 1. The van der Waals surface area contributed by atoms with Gasteiger partial charge in [-0.05, 0) is 70.1 Å². The summed E-state index contributed by atoms with van der Waals surface area (Å²) < 4.78 is 11.4. The SMILES string of the molecule is CCCCCCCCCCc1ccc2oc(NCC3CCN(C(=O)OC(C)(C)C)CC3)nc2c1. The van der Waals surface area contributed by atoms with Gasteiger partial charge in [-0.25, -0.2) is 4.79 Å². The summed E-state index contributed by atoms with van der Waals surface area (Å²) in [5.41, 5.74) is 2.66. The van der Waals surface area contributed by atoms with Crippen molar-refractivity contribution in [3.8, 4) is 0 Å². The lowest BCUT2D eigenvalue weighted by Crippen LogP contribution is -2.42. The highest BCUT2D eigenvalue weighted by Crippen LogP contribution is 2.24. The fraction of sp³-hybridized carbons (Fsp3) is 0.714. The van der Waals surface area contributed by atoms with Gasteiger partial charge < -0.3 is 19.4 Å². The molecule has 6 nitrogen and oxygen atoms in total. The molecule has 1 saturated heterocycles. The van der Waals surface area contributed by atoms with Gasteiger partial charge in [-0.15, -0.1) is 0 Å². The molecule has 0 aliphatic carbocycles. The minimum absolute atomic E-state index is 0.208. The molecule has 2 heterocycles. The summed E-state index contributed by atoms with van der Waals surface area (Å²) in [5, 5.41) is 3.37. The van der Waals surface area contributed by atoms with Gasteiger partial charge >= 0.3 is 6.09 Å². The lowest BCUT2D eigenvalue weighted by atomic mass is 9.97. The molecule has 0 radical (unpaired) electrons. The van der Waals surface area contributed by atoms with Crippen LogP contribution >= 0.6 is 0 Å². The van der Waals surface area contributed by atoms with Crippen LogP contribution in [0.1, 0.15) is 97.5 Å². The van der Waals surface area contributed by atoms with Crippen molar-refractivity contribution in [3.63, 3.8) is 0 Å². The predicted octanol–water partition coefficient (Wildman–Crippen LogP) is 7.57. The van der Waals surface area contributed by atoms with E-state index in [0.717, 1.165) is 50.0 Å². The van der Waals surface area contributed by atoms with Crippen molar-refractivity contribution in [3.05, 3.63) is 23.8 Å². The number of fused-ring (bicyclic) bond motifs is 1. The maximum Gasteiger partial charge on any atom is 0.410 e. The largest absolute Gasteiger partial charge is 0.444 e. The van der Waals surface area contributed by atoms with Crippen molar-refractivity contribution in [2.24, 2.45) is 5.92 Å². The number of ether oxygens (including phenoxy) is 1. The first-order chi connectivity index (χ1) is 16.3. The molecule has 1 fully saturated rings. The second kappa shape index (κ2) is 13.0. The summed E-state index contributed by atoms with van der Waals surface area (Å²) >= 11 is 0. The summed E-state index contributed by atoms with van der Waals surface area (Å²) in [7, 11) is 0. The molecular formula is C28H45N3O3. The molecule has 190 valence electrons. The first-order valence-corrected chi connectivity index (χ1v) is 13.5. The number of aromatic nitrogens is 1. The number of piperidine rings is 1. The van der Waals surface area contributed by atoms with Crippen LogP contribution in [0.15, 0.2) is 22.6 Å². The van der Waals surface area contributed by atoms with Gasteiger partial charge in [0.15, 0.2) is 5.58 Å². The van der Waals surface area contributed by atoms with E-state index >= 15 is 0 Å². The number of carbonyl (C=O) groups excluding carboxylic acids is 1. The van der Waals surface area contributed by atoms with Crippen LogP contribution < -0.4 is 5.32 Å². The Hall–Kier alpha value is -2.24. The molecule has 0 bridgehead atoms. The molecule has 0 spiro atoms. The average molecular weight is 472 g/mol. The second-order valence-corrected chi connectivity index (χ2v) is 10.8. The van der Waals surface area contributed by atoms with Crippen molar-refractivity contribution in [1.29, 1.82) is 0 Å². The first-order valence-electron chi connectivity index (χ1n) is 13.5. The Bertz CT molecular complexity index is 879. The molecule has 1 amide bonds. The number of nitrogens with zero attached hydrogens (tertiary/aromatic N) is 2. The lowest BCUT2D eigenvalue weighted by Gasteiger charge is -2.33. The van der Waals surface area contributed by atoms with E-state index in [2.05, 4.69) is 29.4 Å². The van der Waals surface area contributed by atoms with E-state index < -0.39 is 5.60 Å². The van der Waals surface area contributed by atoms with Crippen LogP contribution in [0.4, 0.5) is 10.8 Å². The molecule has 0 atom stereocenters. The van der Waals surface area contributed by atoms with E-state index in [1.165, 1.54) is 56.9 Å². The molecule has 1 aromatic carbocycles. The third-order valence-electron chi connectivity index (χ3n) is 6.58. The van der Waals surface area contributed by atoms with E-state index in [9.17, 15) is 4.79 Å². The van der Waals surface area contributed by atoms with Gasteiger partial charge in [-0.2, -0.15) is 4.98 Å². The Balaban J connectivity index is 1.37. The number of carbonyl (C=O) groups is 1. The number of aryl methyl sites for hydroxylation is 1. The molecule has 1 N–H and O–H groups in total. The fourth-order valence-electron chi connectivity index (χ4n) is 4.54. The fourth-order valence-corrected chi connectivity index (χ4v) is 4.54. The van der Waals surface area contributed by atoms with Crippen LogP contribution in [0.25, 0.3) is 11.1 Å². The smallest absolute Gasteiger partial charge is 0.410 e. The third-order valence-corrected chi connectivity index (χ3v) is 6.58. The maximum atomic E-state index is 12.2. The molecule has 1 aliphatic heterocycles. The predicted molar refractivity (Wildman–Crippen MR) is 139 cm³/mol. The van der Waals surface area contributed by atoms with E-state index in [0.29, 0.717) is 11.9 Å². The van der Waals surface area contributed by atoms with Crippen molar-refractivity contribution < 1.29 is 13.9 Å². The minimum Gasteiger partial charge on any atom is -0.444 e. The van der Waals surface area contributed by atoms with Gasteiger partial charge in [0.25, 0.3) is 6.01 Å². The normalized spacial score (nSPS) is 15.1. The third kappa shape index (κ3) is 8.84. The van der Waals surface area contributed by atoms with Crippen LogP contribution in [-0.4, -0.2) is 41.2 Å². The van der Waals surface area contributed by atoms with Gasteiger partial charge in [-0.1, -0.05) is 57.9 Å². The highest BCUT2D eigenvalue weighted by molar-refractivity contribution is 5.75. The monoisotopic (exact) mass is 471 g/mol. The van der Waals surface area contributed by atoms with Crippen molar-refractivity contribution in [2.45, 2.75) is 104 Å². The van der Waals surface area contributed by atoms with Crippen LogP contribution in [-0.2, 0) is 11.2 Å². The molecule has 0 unspecified atom stereocenters. The Morgan fingerprint density at radius 1 is 1.09 bits per heavy atom. The summed E-state index contributed by atoms with van der Waals surface area (Å²) in [5.74, 6) is 0.492. The quantitative estimate of drug-likeness (QED) is 0.323. The van der Waals surface area contributed by atoms with Crippen molar-refractivity contribution >= 4 is 23.2 Å². The molecule has 2 aromatic rings. The number of benzene rings is 1. The lowest BCUT2D eigenvalue weighted by molar-refractivity contribution is 0.0188. The number of nitrogens with one attached hydrogen (secondary N) is 1. The topological polar surface area (TPSA) is 67.6 Å². The number of amides is 1. The van der Waals surface area contributed by atoms with Gasteiger partial charge in [0, 0.05) is 19.6 Å². The molecule has 6 heteroatoms. The first kappa shape index (κ1) is 26.4. The summed E-state index contributed by atoms with van der Waals surface area (Å²) in [6.07, 6.45) is 13.5. The highest BCUT2D eigenvalue weighted by atomic mass is 16.6. The zero-order chi connectivity index (χ0) is 24.4. The number of hydrogen-bond acceptors (Lipinski definition) is 5. The second-order valence-electron chi connectivity index (χ2n) is 10.8. The van der Waals surface area contributed by atoms with Gasteiger partial charge in [0.05, 0.1) is 0 Å². The highest BCUT2D eigenvalue weighted by Gasteiger charge is 2.27. The number of oxazole rings is 1. The van der Waals surface area contributed by atoms with E-state index in [1.807, 2.05) is 31.7 Å².